The predicted octanol–water partition coefficient (Wildman–Crippen LogP) is 3.34. The van der Waals surface area contributed by atoms with E-state index >= 15 is 0 Å². The Morgan fingerprint density at radius 2 is 2.32 bits per heavy atom. The molecule has 0 saturated heterocycles. The fourth-order valence-corrected chi connectivity index (χ4v) is 3.49. The van der Waals surface area contributed by atoms with E-state index in [1.54, 1.807) is 11.3 Å². The highest BCUT2D eigenvalue weighted by atomic mass is 32.1. The van der Waals surface area contributed by atoms with Crippen LogP contribution in [0, 0.1) is 0 Å². The molecule has 1 aromatic heterocycles. The lowest BCUT2D eigenvalue weighted by molar-refractivity contribution is 0.343. The van der Waals surface area contributed by atoms with Crippen molar-refractivity contribution in [3.05, 3.63) is 45.9 Å². The van der Waals surface area contributed by atoms with Gasteiger partial charge in [-0.05, 0) is 19.5 Å². The molecule has 2 unspecified atom stereocenters. The summed E-state index contributed by atoms with van der Waals surface area (Å²) in [5.41, 5.74) is 1.26. The second kappa shape index (κ2) is 5.31. The number of hydrogen-bond acceptors (Lipinski definition) is 4. The normalized spacial score (nSPS) is 18.9. The third kappa shape index (κ3) is 2.38. The number of benzene rings is 1. The van der Waals surface area contributed by atoms with E-state index in [0.717, 1.165) is 17.3 Å². The van der Waals surface area contributed by atoms with E-state index in [-0.39, 0.29) is 0 Å². The maximum Gasteiger partial charge on any atom is 0.123 e. The maximum absolute atomic E-state index is 5.73. The minimum absolute atomic E-state index is 0.295. The van der Waals surface area contributed by atoms with E-state index in [0.29, 0.717) is 18.6 Å². The van der Waals surface area contributed by atoms with Crippen molar-refractivity contribution in [2.45, 2.75) is 25.8 Å². The van der Waals surface area contributed by atoms with Gasteiger partial charge in [-0.2, -0.15) is 0 Å². The highest BCUT2D eigenvalue weighted by Crippen LogP contribution is 2.39. The Balaban J connectivity index is 1.85. The first-order chi connectivity index (χ1) is 9.29. The van der Waals surface area contributed by atoms with Crippen molar-refractivity contribution in [3.8, 4) is 5.75 Å². The quantitative estimate of drug-likeness (QED) is 0.928. The molecular weight excluding hydrogens is 256 g/mol. The number of fused-ring (bicyclic) bond motifs is 1. The maximum atomic E-state index is 5.73. The molecule has 1 aliphatic heterocycles. The third-order valence-corrected chi connectivity index (χ3v) is 4.77. The summed E-state index contributed by atoms with van der Waals surface area (Å²) in [5.74, 6) is 1.30. The molecule has 19 heavy (non-hydrogen) atoms. The van der Waals surface area contributed by atoms with Crippen LogP contribution in [0.4, 0.5) is 0 Å². The van der Waals surface area contributed by atoms with E-state index in [4.69, 9.17) is 4.74 Å². The van der Waals surface area contributed by atoms with Crippen LogP contribution in [0.5, 0.6) is 5.75 Å². The van der Waals surface area contributed by atoms with Crippen LogP contribution in [-0.4, -0.2) is 18.1 Å². The zero-order valence-corrected chi connectivity index (χ0v) is 12.0. The van der Waals surface area contributed by atoms with Crippen LogP contribution in [0.25, 0.3) is 0 Å². The first kappa shape index (κ1) is 12.6. The Morgan fingerprint density at radius 3 is 3.16 bits per heavy atom. The lowest BCUT2D eigenvalue weighted by atomic mass is 10.0. The van der Waals surface area contributed by atoms with Gasteiger partial charge >= 0.3 is 0 Å². The Hall–Kier alpha value is -1.39. The summed E-state index contributed by atoms with van der Waals surface area (Å²) in [7, 11) is 0. The van der Waals surface area contributed by atoms with Crippen LogP contribution < -0.4 is 10.1 Å². The van der Waals surface area contributed by atoms with Crippen molar-refractivity contribution >= 4 is 11.3 Å². The van der Waals surface area contributed by atoms with E-state index in [9.17, 15) is 0 Å². The number of ether oxygens (including phenoxy) is 1. The Bertz CT molecular complexity index is 567. The van der Waals surface area contributed by atoms with E-state index in [2.05, 4.69) is 36.3 Å². The first-order valence-electron chi connectivity index (χ1n) is 6.70. The number of nitrogens with zero attached hydrogens (tertiary/aromatic N) is 1. The number of para-hydroxylation sites is 1. The molecule has 2 heterocycles. The van der Waals surface area contributed by atoms with Gasteiger partial charge in [0.25, 0.3) is 0 Å². The minimum atomic E-state index is 0.295. The summed E-state index contributed by atoms with van der Waals surface area (Å²) < 4.78 is 5.73. The van der Waals surface area contributed by atoms with Gasteiger partial charge in [0.1, 0.15) is 17.4 Å². The Labute approximate surface area is 117 Å². The number of nitrogens with one attached hydrogen (secondary N) is 1. The molecule has 0 aliphatic carbocycles. The van der Waals surface area contributed by atoms with Crippen LogP contribution in [0.3, 0.4) is 0 Å². The molecular formula is C15H18N2OS. The number of aromatic nitrogens is 1. The van der Waals surface area contributed by atoms with Crippen molar-refractivity contribution in [2.75, 3.05) is 13.2 Å². The molecule has 0 amide bonds. The largest absolute Gasteiger partial charge is 0.492 e. The SMILES string of the molecule is CCNC(C)c1cnc(C2COc3ccccc32)s1. The van der Waals surface area contributed by atoms with Gasteiger partial charge in [-0.3, -0.25) is 0 Å². The lowest BCUT2D eigenvalue weighted by Gasteiger charge is -2.08. The van der Waals surface area contributed by atoms with Gasteiger partial charge in [0.05, 0.1) is 5.92 Å². The summed E-state index contributed by atoms with van der Waals surface area (Å²) in [6.45, 7) is 5.99. The summed E-state index contributed by atoms with van der Waals surface area (Å²) in [6.07, 6.45) is 1.99. The summed E-state index contributed by atoms with van der Waals surface area (Å²) in [6, 6.07) is 8.62. The van der Waals surface area contributed by atoms with Crippen LogP contribution in [0.15, 0.2) is 30.5 Å². The second-order valence-corrected chi connectivity index (χ2v) is 5.88. The van der Waals surface area contributed by atoms with Crippen molar-refractivity contribution in [1.29, 1.82) is 0 Å². The number of thiazole rings is 1. The topological polar surface area (TPSA) is 34.2 Å². The van der Waals surface area contributed by atoms with E-state index in [1.165, 1.54) is 10.4 Å². The molecule has 4 heteroatoms. The van der Waals surface area contributed by atoms with E-state index in [1.807, 2.05) is 18.3 Å². The van der Waals surface area contributed by atoms with Crippen molar-refractivity contribution in [3.63, 3.8) is 0 Å². The summed E-state index contributed by atoms with van der Waals surface area (Å²) in [4.78, 5) is 5.89. The third-order valence-electron chi connectivity index (χ3n) is 3.48. The molecule has 2 atom stereocenters. The molecule has 3 nitrogen and oxygen atoms in total. The van der Waals surface area contributed by atoms with Gasteiger partial charge in [0, 0.05) is 22.7 Å². The van der Waals surface area contributed by atoms with Gasteiger partial charge in [-0.1, -0.05) is 25.1 Å². The average molecular weight is 274 g/mol. The molecule has 0 saturated carbocycles. The molecule has 0 bridgehead atoms. The van der Waals surface area contributed by atoms with Crippen molar-refractivity contribution in [2.24, 2.45) is 0 Å². The Kier molecular flexibility index (Phi) is 3.53. The zero-order valence-electron chi connectivity index (χ0n) is 11.2. The van der Waals surface area contributed by atoms with Gasteiger partial charge < -0.3 is 10.1 Å². The average Bonchev–Trinajstić information content (AvgIpc) is 3.05. The van der Waals surface area contributed by atoms with Crippen LogP contribution in [-0.2, 0) is 0 Å². The number of hydrogen-bond donors (Lipinski definition) is 1. The van der Waals surface area contributed by atoms with Crippen LogP contribution >= 0.6 is 11.3 Å². The molecule has 0 fully saturated rings. The molecule has 0 radical (unpaired) electrons. The first-order valence-corrected chi connectivity index (χ1v) is 7.52. The van der Waals surface area contributed by atoms with Gasteiger partial charge in [0.2, 0.25) is 0 Å². The zero-order chi connectivity index (χ0) is 13.2. The van der Waals surface area contributed by atoms with Crippen LogP contribution in [0.2, 0.25) is 0 Å². The highest BCUT2D eigenvalue weighted by molar-refractivity contribution is 7.11. The molecule has 1 aromatic carbocycles. The van der Waals surface area contributed by atoms with E-state index < -0.39 is 0 Å². The van der Waals surface area contributed by atoms with Crippen molar-refractivity contribution in [1.82, 2.24) is 10.3 Å². The minimum Gasteiger partial charge on any atom is -0.492 e. The van der Waals surface area contributed by atoms with Gasteiger partial charge in [-0.15, -0.1) is 11.3 Å². The second-order valence-electron chi connectivity index (χ2n) is 4.78. The fraction of sp³-hybridized carbons (Fsp3) is 0.400. The highest BCUT2D eigenvalue weighted by Gasteiger charge is 2.28. The summed E-state index contributed by atoms with van der Waals surface area (Å²) in [5, 5.41) is 4.58. The number of rotatable bonds is 4. The fourth-order valence-electron chi connectivity index (χ4n) is 2.44. The monoisotopic (exact) mass is 274 g/mol. The molecule has 0 spiro atoms. The van der Waals surface area contributed by atoms with Gasteiger partial charge in [-0.25, -0.2) is 4.98 Å². The molecule has 3 rings (SSSR count). The molecule has 1 aliphatic rings. The van der Waals surface area contributed by atoms with Crippen LogP contribution in [0.1, 0.15) is 41.3 Å². The molecule has 100 valence electrons. The smallest absolute Gasteiger partial charge is 0.123 e. The molecule has 1 N–H and O–H groups in total. The lowest BCUT2D eigenvalue weighted by Crippen LogP contribution is -2.16. The van der Waals surface area contributed by atoms with Crippen molar-refractivity contribution < 1.29 is 4.74 Å². The van der Waals surface area contributed by atoms with Gasteiger partial charge in [0.15, 0.2) is 0 Å². The molecule has 2 aromatic rings. The predicted molar refractivity (Wildman–Crippen MR) is 78.0 cm³/mol. The Morgan fingerprint density at radius 1 is 1.47 bits per heavy atom. The summed E-state index contributed by atoms with van der Waals surface area (Å²) >= 11 is 1.79. The standard InChI is InChI=1S/C15H18N2OS/c1-3-16-10(2)14-8-17-15(19-14)12-9-18-13-7-5-4-6-11(12)13/h4-8,10,12,16H,3,9H2,1-2H3.